The second-order valence-corrected chi connectivity index (χ2v) is 8.42. The first kappa shape index (κ1) is 16.2. The van der Waals surface area contributed by atoms with E-state index in [0.717, 1.165) is 17.6 Å². The van der Waals surface area contributed by atoms with Gasteiger partial charge in [0.2, 0.25) is 0 Å². The Morgan fingerprint density at radius 1 is 1.15 bits per heavy atom. The first-order valence-corrected chi connectivity index (χ1v) is 9.66. The Kier molecular flexibility index (Phi) is 3.61. The van der Waals surface area contributed by atoms with Crippen LogP contribution in [-0.2, 0) is 4.74 Å². The molecule has 4 saturated carbocycles. The van der Waals surface area contributed by atoms with Crippen molar-refractivity contribution in [2.24, 2.45) is 23.7 Å². The Hall–Kier alpha value is -1.94. The summed E-state index contributed by atoms with van der Waals surface area (Å²) in [4.78, 5) is 11.6. The standard InChI is InChI=1S/C21H21ClO4/c1-25-21(18-12-5-10-4-11(7-12)8-13(18)6-10)19-14-2-3-17(24)26-16(14)9-15(23)20(19)22/h2-3,9-13,23H,4-8H2,1H3. The van der Waals surface area contributed by atoms with Gasteiger partial charge in [-0.25, -0.2) is 4.79 Å². The first-order valence-electron chi connectivity index (χ1n) is 9.29. The number of methoxy groups -OCH3 is 1. The first-order chi connectivity index (χ1) is 12.5. The number of allylic oxidation sites excluding steroid dienone is 1. The van der Waals surface area contributed by atoms with Gasteiger partial charge in [-0.2, -0.15) is 0 Å². The van der Waals surface area contributed by atoms with Gasteiger partial charge in [0.1, 0.15) is 17.1 Å². The van der Waals surface area contributed by atoms with Crippen LogP contribution in [0.2, 0.25) is 5.02 Å². The highest BCUT2D eigenvalue weighted by Gasteiger charge is 2.47. The van der Waals surface area contributed by atoms with Gasteiger partial charge in [0.05, 0.1) is 12.1 Å². The van der Waals surface area contributed by atoms with Crippen molar-refractivity contribution in [2.45, 2.75) is 32.1 Å². The molecule has 2 aromatic rings. The topological polar surface area (TPSA) is 59.7 Å². The fraction of sp³-hybridized carbons (Fsp3) is 0.476. The zero-order chi connectivity index (χ0) is 18.0. The average molecular weight is 373 g/mol. The van der Waals surface area contributed by atoms with Crippen LogP contribution in [-0.4, -0.2) is 12.2 Å². The molecule has 26 heavy (non-hydrogen) atoms. The third kappa shape index (κ3) is 2.31. The summed E-state index contributed by atoms with van der Waals surface area (Å²) in [6.45, 7) is 0. The number of phenolic OH excluding ortho intramolecular Hbond substituents is 1. The lowest BCUT2D eigenvalue weighted by atomic mass is 9.54. The van der Waals surface area contributed by atoms with Crippen LogP contribution in [0.15, 0.2) is 33.0 Å². The molecule has 0 amide bonds. The molecular formula is C21H21ClO4. The molecule has 4 aliphatic rings. The Morgan fingerprint density at radius 2 is 1.81 bits per heavy atom. The summed E-state index contributed by atoms with van der Waals surface area (Å²) in [5.41, 5.74) is 1.87. The summed E-state index contributed by atoms with van der Waals surface area (Å²) >= 11 is 6.51. The van der Waals surface area contributed by atoms with Gasteiger partial charge in [-0.1, -0.05) is 11.6 Å². The summed E-state index contributed by atoms with van der Waals surface area (Å²) in [7, 11) is 1.67. The number of halogens is 1. The monoisotopic (exact) mass is 372 g/mol. The van der Waals surface area contributed by atoms with E-state index in [1.807, 2.05) is 0 Å². The van der Waals surface area contributed by atoms with E-state index in [0.29, 0.717) is 28.4 Å². The molecule has 0 radical (unpaired) electrons. The third-order valence-electron chi connectivity index (χ3n) is 6.55. The van der Waals surface area contributed by atoms with Crippen LogP contribution in [0.4, 0.5) is 0 Å². The SMILES string of the molecule is COC(=C1C2CC3CC(C2)CC1C3)c1c(Cl)c(O)cc2oc(=O)ccc12. The van der Waals surface area contributed by atoms with E-state index in [1.54, 1.807) is 13.2 Å². The van der Waals surface area contributed by atoms with Crippen LogP contribution >= 0.6 is 11.6 Å². The number of hydrogen-bond acceptors (Lipinski definition) is 4. The molecule has 6 rings (SSSR count). The molecule has 4 nitrogen and oxygen atoms in total. The molecule has 4 bridgehead atoms. The maximum Gasteiger partial charge on any atom is 0.336 e. The quantitative estimate of drug-likeness (QED) is 0.597. The van der Waals surface area contributed by atoms with Crippen molar-refractivity contribution in [1.29, 1.82) is 0 Å². The highest BCUT2D eigenvalue weighted by Crippen LogP contribution is 2.58. The molecule has 1 N–H and O–H groups in total. The second-order valence-electron chi connectivity index (χ2n) is 8.04. The number of phenols is 1. The predicted octanol–water partition coefficient (Wildman–Crippen LogP) is 4.97. The fourth-order valence-electron chi connectivity index (χ4n) is 5.83. The van der Waals surface area contributed by atoms with Crippen LogP contribution in [0.3, 0.4) is 0 Å². The van der Waals surface area contributed by atoms with Crippen LogP contribution in [0.25, 0.3) is 16.7 Å². The third-order valence-corrected chi connectivity index (χ3v) is 6.94. The number of rotatable bonds is 2. The summed E-state index contributed by atoms with van der Waals surface area (Å²) in [5.74, 6) is 3.42. The van der Waals surface area contributed by atoms with Gasteiger partial charge in [0.25, 0.3) is 0 Å². The van der Waals surface area contributed by atoms with Gasteiger partial charge in [-0.05, 0) is 67.4 Å². The van der Waals surface area contributed by atoms with E-state index in [-0.39, 0.29) is 10.8 Å². The largest absolute Gasteiger partial charge is 0.506 e. The van der Waals surface area contributed by atoms with Gasteiger partial charge < -0.3 is 14.3 Å². The van der Waals surface area contributed by atoms with Gasteiger partial charge >= 0.3 is 5.63 Å². The lowest BCUT2D eigenvalue weighted by molar-refractivity contribution is 0.0675. The molecule has 1 heterocycles. The Morgan fingerprint density at radius 3 is 2.42 bits per heavy atom. The summed E-state index contributed by atoms with van der Waals surface area (Å²) in [6, 6.07) is 4.49. The molecule has 0 unspecified atom stereocenters. The molecule has 0 aliphatic heterocycles. The summed E-state index contributed by atoms with van der Waals surface area (Å²) < 4.78 is 11.2. The van der Waals surface area contributed by atoms with E-state index >= 15 is 0 Å². The fourth-order valence-corrected chi connectivity index (χ4v) is 6.07. The van der Waals surface area contributed by atoms with Gasteiger partial charge in [0, 0.05) is 23.1 Å². The molecule has 4 fully saturated rings. The van der Waals surface area contributed by atoms with E-state index in [4.69, 9.17) is 20.8 Å². The number of fused-ring (bicyclic) bond motifs is 1. The minimum atomic E-state index is -0.452. The van der Waals surface area contributed by atoms with Gasteiger partial charge in [-0.3, -0.25) is 0 Å². The number of hydrogen-bond donors (Lipinski definition) is 1. The molecule has 1 aromatic heterocycles. The van der Waals surface area contributed by atoms with Crippen LogP contribution in [0, 0.1) is 23.7 Å². The number of benzene rings is 1. The Balaban J connectivity index is 1.78. The van der Waals surface area contributed by atoms with E-state index < -0.39 is 5.63 Å². The van der Waals surface area contributed by atoms with Crippen molar-refractivity contribution in [1.82, 2.24) is 0 Å². The molecule has 4 aliphatic carbocycles. The van der Waals surface area contributed by atoms with E-state index in [1.165, 1.54) is 49.8 Å². The van der Waals surface area contributed by atoms with Crippen molar-refractivity contribution in [3.05, 3.63) is 44.8 Å². The zero-order valence-corrected chi connectivity index (χ0v) is 15.4. The van der Waals surface area contributed by atoms with Crippen LogP contribution in [0.1, 0.15) is 37.7 Å². The van der Waals surface area contributed by atoms with Crippen molar-refractivity contribution in [2.75, 3.05) is 7.11 Å². The zero-order valence-electron chi connectivity index (χ0n) is 14.6. The minimum Gasteiger partial charge on any atom is -0.506 e. The Bertz CT molecular complexity index is 957. The highest BCUT2D eigenvalue weighted by atomic mass is 35.5. The Labute approximate surface area is 156 Å². The second kappa shape index (κ2) is 5.78. The lowest BCUT2D eigenvalue weighted by Crippen LogP contribution is -2.40. The lowest BCUT2D eigenvalue weighted by Gasteiger charge is -2.51. The molecule has 0 saturated heterocycles. The maximum absolute atomic E-state index is 11.6. The predicted molar refractivity (Wildman–Crippen MR) is 100 cm³/mol. The van der Waals surface area contributed by atoms with Crippen molar-refractivity contribution < 1.29 is 14.3 Å². The van der Waals surface area contributed by atoms with Crippen molar-refractivity contribution in [3.63, 3.8) is 0 Å². The number of ether oxygens (including phenoxy) is 1. The average Bonchev–Trinajstić information content (AvgIpc) is 2.59. The molecule has 136 valence electrons. The van der Waals surface area contributed by atoms with E-state index in [9.17, 15) is 9.90 Å². The smallest absolute Gasteiger partial charge is 0.336 e. The minimum absolute atomic E-state index is 0.0949. The molecular weight excluding hydrogens is 352 g/mol. The van der Waals surface area contributed by atoms with Crippen LogP contribution in [0.5, 0.6) is 5.75 Å². The van der Waals surface area contributed by atoms with Gasteiger partial charge in [0.15, 0.2) is 0 Å². The van der Waals surface area contributed by atoms with Gasteiger partial charge in [-0.15, -0.1) is 0 Å². The molecule has 1 aromatic carbocycles. The number of aromatic hydroxyl groups is 1. The molecule has 5 heteroatoms. The normalized spacial score (nSPS) is 29.4. The highest BCUT2D eigenvalue weighted by molar-refractivity contribution is 6.35. The van der Waals surface area contributed by atoms with E-state index in [2.05, 4.69) is 0 Å². The maximum atomic E-state index is 11.6. The van der Waals surface area contributed by atoms with Crippen molar-refractivity contribution in [3.8, 4) is 5.75 Å². The molecule has 0 atom stereocenters. The summed E-state index contributed by atoms with van der Waals surface area (Å²) in [6.07, 6.45) is 6.26. The van der Waals surface area contributed by atoms with Crippen molar-refractivity contribution >= 4 is 28.3 Å². The van der Waals surface area contributed by atoms with Crippen LogP contribution < -0.4 is 5.63 Å². The molecule has 0 spiro atoms. The summed E-state index contributed by atoms with van der Waals surface area (Å²) in [5, 5.41) is 11.3.